The van der Waals surface area contributed by atoms with Crippen LogP contribution in [0.25, 0.3) is 22.6 Å². The second-order valence-corrected chi connectivity index (χ2v) is 6.37. The van der Waals surface area contributed by atoms with Crippen molar-refractivity contribution in [2.24, 2.45) is 0 Å². The lowest BCUT2D eigenvalue weighted by Gasteiger charge is -2.13. The Morgan fingerprint density at radius 1 is 1.32 bits per heavy atom. The summed E-state index contributed by atoms with van der Waals surface area (Å²) in [7, 11) is 1.22. The summed E-state index contributed by atoms with van der Waals surface area (Å²) >= 11 is 0. The van der Waals surface area contributed by atoms with Crippen molar-refractivity contribution in [3.8, 4) is 23.6 Å². The maximum absolute atomic E-state index is 11.9. The molecule has 0 bridgehead atoms. The largest absolute Gasteiger partial charge is 0.506 e. The van der Waals surface area contributed by atoms with E-state index in [4.69, 9.17) is 11.4 Å². The van der Waals surface area contributed by atoms with E-state index in [-0.39, 0.29) is 11.3 Å². The molecule has 1 aromatic carbocycles. The Kier molecular flexibility index (Phi) is 7.17. The maximum Gasteiger partial charge on any atom is 0.350 e. The van der Waals surface area contributed by atoms with Gasteiger partial charge in [-0.2, -0.15) is 0 Å². The lowest BCUT2D eigenvalue weighted by Crippen LogP contribution is -2.08. The van der Waals surface area contributed by atoms with E-state index >= 15 is 0 Å². The van der Waals surface area contributed by atoms with Crippen molar-refractivity contribution in [3.63, 3.8) is 0 Å². The van der Waals surface area contributed by atoms with Crippen LogP contribution in [0.2, 0.25) is 0 Å². The van der Waals surface area contributed by atoms with Crippen molar-refractivity contribution in [2.45, 2.75) is 33.6 Å². The fourth-order valence-electron chi connectivity index (χ4n) is 2.88. The van der Waals surface area contributed by atoms with Gasteiger partial charge in [-0.05, 0) is 49.6 Å². The van der Waals surface area contributed by atoms with Crippen LogP contribution in [-0.2, 0) is 16.0 Å². The molecule has 0 atom stereocenters. The summed E-state index contributed by atoms with van der Waals surface area (Å²) in [6, 6.07) is 11.8. The summed E-state index contributed by atoms with van der Waals surface area (Å²) in [5.74, 6) is 1.13. The number of aryl methyl sites for hydroxylation is 1. The average molecular weight is 375 g/mol. The first-order valence-corrected chi connectivity index (χ1v) is 9.18. The number of esters is 1. The van der Waals surface area contributed by atoms with E-state index in [2.05, 4.69) is 29.7 Å². The van der Waals surface area contributed by atoms with Crippen LogP contribution in [0, 0.1) is 12.3 Å². The molecular formula is C24H25NO3. The van der Waals surface area contributed by atoms with Crippen LogP contribution < -0.4 is 0 Å². The first-order valence-electron chi connectivity index (χ1n) is 9.18. The number of rotatable bonds is 6. The molecular weight excluding hydrogens is 350 g/mol. The number of pyridine rings is 1. The molecule has 0 spiro atoms. The van der Waals surface area contributed by atoms with Crippen LogP contribution >= 0.6 is 0 Å². The molecule has 2 aromatic rings. The van der Waals surface area contributed by atoms with E-state index < -0.39 is 5.97 Å². The van der Waals surface area contributed by atoms with Crippen LogP contribution in [-0.4, -0.2) is 23.2 Å². The topological polar surface area (TPSA) is 59.4 Å². The minimum Gasteiger partial charge on any atom is -0.506 e. The first-order chi connectivity index (χ1) is 13.5. The molecule has 0 fully saturated rings. The number of allylic oxidation sites excluding steroid dienone is 2. The maximum atomic E-state index is 11.9. The summed E-state index contributed by atoms with van der Waals surface area (Å²) in [5, 5.41) is 10.7. The van der Waals surface area contributed by atoms with Crippen molar-refractivity contribution in [3.05, 3.63) is 64.9 Å². The van der Waals surface area contributed by atoms with Gasteiger partial charge in [0.15, 0.2) is 5.57 Å². The Labute approximate surface area is 166 Å². The predicted molar refractivity (Wildman–Crippen MR) is 113 cm³/mol. The minimum atomic E-state index is -0.763. The SMILES string of the molecule is C#C/C(C(=O)OC)=C(/O)c1ccc(-c2cccc(CCC)c2)nc1/C(C)=C\C. The van der Waals surface area contributed by atoms with Gasteiger partial charge < -0.3 is 9.84 Å². The van der Waals surface area contributed by atoms with Crippen molar-refractivity contribution in [1.29, 1.82) is 0 Å². The van der Waals surface area contributed by atoms with Gasteiger partial charge in [-0.1, -0.05) is 43.5 Å². The van der Waals surface area contributed by atoms with E-state index in [1.54, 1.807) is 6.07 Å². The van der Waals surface area contributed by atoms with Gasteiger partial charge in [0.1, 0.15) is 5.76 Å². The summed E-state index contributed by atoms with van der Waals surface area (Å²) < 4.78 is 4.67. The van der Waals surface area contributed by atoms with Gasteiger partial charge in [0.05, 0.1) is 18.5 Å². The van der Waals surface area contributed by atoms with Crippen LogP contribution in [0.4, 0.5) is 0 Å². The Balaban J connectivity index is 2.66. The van der Waals surface area contributed by atoms with Crippen molar-refractivity contribution >= 4 is 17.3 Å². The number of methoxy groups -OCH3 is 1. The summed E-state index contributed by atoms with van der Waals surface area (Å²) in [4.78, 5) is 16.6. The van der Waals surface area contributed by atoms with Gasteiger partial charge in [-0.25, -0.2) is 9.78 Å². The third-order valence-corrected chi connectivity index (χ3v) is 4.49. The number of aromatic nitrogens is 1. The molecule has 0 aliphatic carbocycles. The van der Waals surface area contributed by atoms with E-state index in [0.717, 1.165) is 29.7 Å². The standard InChI is InChI=1S/C24H25NO3/c1-6-10-17-11-9-12-18(15-17)21-14-13-20(22(25-21)16(4)7-2)23(26)19(8-3)24(27)28-5/h3,7,9,11-15,26H,6,10H2,1-2,4-5H3/b16-7-,23-19-. The zero-order chi connectivity index (χ0) is 20.7. The van der Waals surface area contributed by atoms with Crippen LogP contribution in [0.3, 0.4) is 0 Å². The molecule has 0 radical (unpaired) electrons. The number of aliphatic hydroxyl groups excluding tert-OH is 1. The number of terminal acetylenes is 1. The highest BCUT2D eigenvalue weighted by molar-refractivity contribution is 6.01. The second kappa shape index (κ2) is 9.57. The smallest absolute Gasteiger partial charge is 0.350 e. The van der Waals surface area contributed by atoms with Gasteiger partial charge in [0.25, 0.3) is 0 Å². The molecule has 28 heavy (non-hydrogen) atoms. The molecule has 0 saturated heterocycles. The summed E-state index contributed by atoms with van der Waals surface area (Å²) in [6.07, 6.45) is 9.37. The fraction of sp³-hybridized carbons (Fsp3) is 0.250. The van der Waals surface area contributed by atoms with Gasteiger partial charge >= 0.3 is 5.97 Å². The summed E-state index contributed by atoms with van der Waals surface area (Å²) in [5.41, 5.74) is 4.61. The van der Waals surface area contributed by atoms with E-state index in [1.165, 1.54) is 12.7 Å². The lowest BCUT2D eigenvalue weighted by molar-refractivity contribution is -0.135. The molecule has 1 N–H and O–H groups in total. The molecule has 0 saturated carbocycles. The number of nitrogens with zero attached hydrogens (tertiary/aromatic N) is 1. The molecule has 144 valence electrons. The Hall–Kier alpha value is -3.32. The molecule has 4 nitrogen and oxygen atoms in total. The molecule has 1 aromatic heterocycles. The molecule has 0 aliphatic rings. The zero-order valence-corrected chi connectivity index (χ0v) is 16.7. The quantitative estimate of drug-likeness (QED) is 0.326. The Morgan fingerprint density at radius 2 is 2.07 bits per heavy atom. The highest BCUT2D eigenvalue weighted by atomic mass is 16.5. The Bertz CT molecular complexity index is 978. The molecule has 0 aliphatic heterocycles. The van der Waals surface area contributed by atoms with Crippen molar-refractivity contribution in [2.75, 3.05) is 7.11 Å². The highest BCUT2D eigenvalue weighted by Crippen LogP contribution is 2.29. The Morgan fingerprint density at radius 3 is 2.68 bits per heavy atom. The lowest BCUT2D eigenvalue weighted by atomic mass is 9.99. The normalized spacial score (nSPS) is 12.2. The van der Waals surface area contributed by atoms with Crippen molar-refractivity contribution in [1.82, 2.24) is 4.98 Å². The van der Waals surface area contributed by atoms with Crippen LogP contribution in [0.5, 0.6) is 0 Å². The van der Waals surface area contributed by atoms with Gasteiger partial charge in [-0.15, -0.1) is 6.42 Å². The van der Waals surface area contributed by atoms with Crippen molar-refractivity contribution < 1.29 is 14.6 Å². The number of carbonyl (C=O) groups is 1. The monoisotopic (exact) mass is 375 g/mol. The molecule has 4 heteroatoms. The van der Waals surface area contributed by atoms with Crippen LogP contribution in [0.1, 0.15) is 44.0 Å². The van der Waals surface area contributed by atoms with E-state index in [1.807, 2.05) is 38.1 Å². The number of benzene rings is 1. The molecule has 2 rings (SSSR count). The highest BCUT2D eigenvalue weighted by Gasteiger charge is 2.19. The number of carbonyl (C=O) groups excluding carboxylic acids is 1. The minimum absolute atomic E-state index is 0.229. The molecule has 0 unspecified atom stereocenters. The second-order valence-electron chi connectivity index (χ2n) is 6.37. The van der Waals surface area contributed by atoms with E-state index in [0.29, 0.717) is 11.3 Å². The average Bonchev–Trinajstić information content (AvgIpc) is 2.73. The number of aliphatic hydroxyl groups is 1. The number of hydrogen-bond donors (Lipinski definition) is 1. The summed E-state index contributed by atoms with van der Waals surface area (Å²) in [6.45, 7) is 5.93. The zero-order valence-electron chi connectivity index (χ0n) is 16.7. The first kappa shape index (κ1) is 21.0. The van der Waals surface area contributed by atoms with Gasteiger partial charge in [0, 0.05) is 11.1 Å². The third-order valence-electron chi connectivity index (χ3n) is 4.49. The third kappa shape index (κ3) is 4.50. The molecule has 0 amide bonds. The number of hydrogen-bond acceptors (Lipinski definition) is 4. The fourth-order valence-corrected chi connectivity index (χ4v) is 2.88. The number of ether oxygens (including phenoxy) is 1. The van der Waals surface area contributed by atoms with Gasteiger partial charge in [0.2, 0.25) is 0 Å². The van der Waals surface area contributed by atoms with Crippen LogP contribution in [0.15, 0.2) is 48.0 Å². The predicted octanol–water partition coefficient (Wildman–Crippen LogP) is 5.20. The van der Waals surface area contributed by atoms with E-state index in [9.17, 15) is 9.90 Å². The molecule has 1 heterocycles. The van der Waals surface area contributed by atoms with Gasteiger partial charge in [-0.3, -0.25) is 0 Å².